The lowest BCUT2D eigenvalue weighted by Crippen LogP contribution is -2.11. The number of carbonyl (C=O) groups is 2. The molecule has 3 rings (SSSR count). The number of ether oxygens (including phenoxy) is 4. The molecule has 0 bridgehead atoms. The molecule has 25 heavy (non-hydrogen) atoms. The average Bonchev–Trinajstić information content (AvgIpc) is 2.63. The van der Waals surface area contributed by atoms with E-state index in [9.17, 15) is 14.0 Å². The number of carbonyl (C=O) groups excluding carboxylic acids is 2. The molecule has 0 aliphatic heterocycles. The molecule has 0 fully saturated rings. The van der Waals surface area contributed by atoms with Gasteiger partial charge in [-0.2, -0.15) is 0 Å². The minimum absolute atomic E-state index is 0.00879. The van der Waals surface area contributed by atoms with E-state index in [1.54, 1.807) is 30.3 Å². The van der Waals surface area contributed by atoms with E-state index in [2.05, 4.69) is 9.47 Å². The summed E-state index contributed by atoms with van der Waals surface area (Å²) in [5.74, 6) is -0.557. The lowest BCUT2D eigenvalue weighted by atomic mass is 10.00. The highest BCUT2D eigenvalue weighted by Crippen LogP contribution is 2.43. The van der Waals surface area contributed by atoms with Crippen LogP contribution in [0.5, 0.6) is 11.5 Å². The van der Waals surface area contributed by atoms with Crippen molar-refractivity contribution in [3.05, 3.63) is 48.3 Å². The van der Waals surface area contributed by atoms with Crippen molar-refractivity contribution in [3.8, 4) is 11.5 Å². The molecular formula is C18H13FO6. The number of halogens is 1. The van der Waals surface area contributed by atoms with Gasteiger partial charge in [0.25, 0.3) is 0 Å². The summed E-state index contributed by atoms with van der Waals surface area (Å²) < 4.78 is 34.0. The van der Waals surface area contributed by atoms with Crippen LogP contribution in [0.4, 0.5) is 14.0 Å². The minimum atomic E-state index is -0.989. The van der Waals surface area contributed by atoms with Crippen LogP contribution >= 0.6 is 0 Å². The standard InChI is InChI=1S/C18H13FO6/c1-22-17(20)24-15-10-6-3-4-7-11(10)16(25-18(21)23-2)14-12(15)8-5-9-13(14)19/h3-9H,1-2H3. The smallest absolute Gasteiger partial charge is 0.437 e. The Morgan fingerprint density at radius 2 is 1.28 bits per heavy atom. The van der Waals surface area contributed by atoms with Gasteiger partial charge in [-0.05, 0) is 6.07 Å². The maximum absolute atomic E-state index is 14.5. The van der Waals surface area contributed by atoms with Crippen molar-refractivity contribution in [1.29, 1.82) is 0 Å². The molecule has 0 amide bonds. The molecule has 0 spiro atoms. The van der Waals surface area contributed by atoms with Gasteiger partial charge in [-0.3, -0.25) is 0 Å². The topological polar surface area (TPSA) is 71.1 Å². The summed E-state index contributed by atoms with van der Waals surface area (Å²) in [6.45, 7) is 0. The summed E-state index contributed by atoms with van der Waals surface area (Å²) in [6, 6.07) is 10.9. The molecule has 0 atom stereocenters. The number of hydrogen-bond donors (Lipinski definition) is 0. The second-order valence-electron chi connectivity index (χ2n) is 4.98. The number of benzene rings is 3. The monoisotopic (exact) mass is 344 g/mol. The van der Waals surface area contributed by atoms with Gasteiger partial charge in [-0.15, -0.1) is 0 Å². The first-order valence-corrected chi connectivity index (χ1v) is 7.21. The lowest BCUT2D eigenvalue weighted by molar-refractivity contribution is 0.120. The molecule has 0 aromatic heterocycles. The Labute approximate surface area is 141 Å². The van der Waals surface area contributed by atoms with E-state index in [4.69, 9.17) is 9.47 Å². The van der Waals surface area contributed by atoms with Crippen LogP contribution in [0.25, 0.3) is 21.5 Å². The Bertz CT molecular complexity index is 982. The van der Waals surface area contributed by atoms with Gasteiger partial charge in [0, 0.05) is 16.2 Å². The molecule has 0 aliphatic carbocycles. The first-order chi connectivity index (χ1) is 12.1. The molecule has 0 saturated heterocycles. The van der Waals surface area contributed by atoms with Crippen LogP contribution in [0.1, 0.15) is 0 Å². The quantitative estimate of drug-likeness (QED) is 0.389. The van der Waals surface area contributed by atoms with Crippen LogP contribution in [0, 0.1) is 5.82 Å². The molecule has 0 aliphatic rings. The van der Waals surface area contributed by atoms with Gasteiger partial charge in [0.2, 0.25) is 0 Å². The summed E-state index contributed by atoms with van der Waals surface area (Å²) in [7, 11) is 2.32. The molecule has 7 heteroatoms. The normalized spacial score (nSPS) is 10.5. The van der Waals surface area contributed by atoms with E-state index in [1.165, 1.54) is 19.2 Å². The first kappa shape index (κ1) is 16.5. The fraction of sp³-hybridized carbons (Fsp3) is 0.111. The van der Waals surface area contributed by atoms with Gasteiger partial charge in [-0.25, -0.2) is 14.0 Å². The molecule has 0 N–H and O–H groups in total. The maximum Gasteiger partial charge on any atom is 0.513 e. The van der Waals surface area contributed by atoms with Crippen molar-refractivity contribution >= 4 is 33.9 Å². The number of rotatable bonds is 2. The van der Waals surface area contributed by atoms with Gasteiger partial charge >= 0.3 is 12.3 Å². The number of fused-ring (bicyclic) bond motifs is 2. The van der Waals surface area contributed by atoms with Gasteiger partial charge in [0.15, 0.2) is 11.5 Å². The van der Waals surface area contributed by atoms with Gasteiger partial charge in [-0.1, -0.05) is 36.4 Å². The van der Waals surface area contributed by atoms with Crippen molar-refractivity contribution in [1.82, 2.24) is 0 Å². The molecule has 3 aromatic rings. The molecule has 128 valence electrons. The Morgan fingerprint density at radius 3 is 1.88 bits per heavy atom. The van der Waals surface area contributed by atoms with Gasteiger partial charge in [0.1, 0.15) is 5.82 Å². The van der Waals surface area contributed by atoms with Crippen LogP contribution in [-0.2, 0) is 9.47 Å². The zero-order valence-electron chi connectivity index (χ0n) is 13.4. The average molecular weight is 344 g/mol. The van der Waals surface area contributed by atoms with E-state index in [1.807, 2.05) is 0 Å². The predicted molar refractivity (Wildman–Crippen MR) is 87.5 cm³/mol. The third kappa shape index (κ3) is 2.91. The summed E-state index contributed by atoms with van der Waals surface area (Å²) in [6.07, 6.45) is -1.94. The Kier molecular flexibility index (Phi) is 4.38. The molecule has 0 unspecified atom stereocenters. The second-order valence-corrected chi connectivity index (χ2v) is 4.98. The molecule has 0 heterocycles. The van der Waals surface area contributed by atoms with E-state index >= 15 is 0 Å². The molecule has 0 saturated carbocycles. The third-order valence-electron chi connectivity index (χ3n) is 3.61. The van der Waals surface area contributed by atoms with E-state index < -0.39 is 18.1 Å². The van der Waals surface area contributed by atoms with Crippen molar-refractivity contribution in [2.45, 2.75) is 0 Å². The van der Waals surface area contributed by atoms with Crippen molar-refractivity contribution in [3.63, 3.8) is 0 Å². The lowest BCUT2D eigenvalue weighted by Gasteiger charge is -2.15. The van der Waals surface area contributed by atoms with Crippen LogP contribution in [0.2, 0.25) is 0 Å². The highest BCUT2D eigenvalue weighted by Gasteiger charge is 2.22. The Morgan fingerprint density at radius 1 is 0.760 bits per heavy atom. The zero-order chi connectivity index (χ0) is 18.0. The van der Waals surface area contributed by atoms with Gasteiger partial charge < -0.3 is 18.9 Å². The third-order valence-corrected chi connectivity index (χ3v) is 3.61. The largest absolute Gasteiger partial charge is 0.513 e. The molecular weight excluding hydrogens is 331 g/mol. The van der Waals surface area contributed by atoms with Gasteiger partial charge in [0.05, 0.1) is 19.6 Å². The minimum Gasteiger partial charge on any atom is -0.437 e. The summed E-state index contributed by atoms with van der Waals surface area (Å²) >= 11 is 0. The highest BCUT2D eigenvalue weighted by atomic mass is 19.1. The fourth-order valence-corrected chi connectivity index (χ4v) is 2.57. The van der Waals surface area contributed by atoms with Crippen LogP contribution in [0.3, 0.4) is 0 Å². The molecule has 3 aromatic carbocycles. The number of methoxy groups -OCH3 is 2. The SMILES string of the molecule is COC(=O)Oc1c2ccccc2c(OC(=O)OC)c2c(F)cccc12. The summed E-state index contributed by atoms with van der Waals surface area (Å²) in [4.78, 5) is 23.2. The zero-order valence-corrected chi connectivity index (χ0v) is 13.4. The van der Waals surface area contributed by atoms with Crippen LogP contribution < -0.4 is 9.47 Å². The van der Waals surface area contributed by atoms with E-state index in [-0.39, 0.29) is 22.3 Å². The molecule has 0 radical (unpaired) electrons. The Hall–Kier alpha value is -3.35. The molecule has 6 nitrogen and oxygen atoms in total. The van der Waals surface area contributed by atoms with Crippen LogP contribution in [-0.4, -0.2) is 26.5 Å². The number of hydrogen-bond acceptors (Lipinski definition) is 6. The van der Waals surface area contributed by atoms with E-state index in [0.29, 0.717) is 10.8 Å². The summed E-state index contributed by atoms with van der Waals surface area (Å²) in [5, 5.41) is 1.07. The van der Waals surface area contributed by atoms with Crippen molar-refractivity contribution in [2.24, 2.45) is 0 Å². The van der Waals surface area contributed by atoms with E-state index in [0.717, 1.165) is 7.11 Å². The highest BCUT2D eigenvalue weighted by molar-refractivity contribution is 6.12. The fourth-order valence-electron chi connectivity index (χ4n) is 2.57. The maximum atomic E-state index is 14.5. The van der Waals surface area contributed by atoms with Crippen LogP contribution in [0.15, 0.2) is 42.5 Å². The summed E-state index contributed by atoms with van der Waals surface area (Å²) in [5.41, 5.74) is 0. The second kappa shape index (κ2) is 6.64. The Balaban J connectivity index is 2.43. The predicted octanol–water partition coefficient (Wildman–Crippen LogP) is 4.42. The first-order valence-electron chi connectivity index (χ1n) is 7.21. The van der Waals surface area contributed by atoms with Crippen molar-refractivity contribution in [2.75, 3.05) is 14.2 Å². The van der Waals surface area contributed by atoms with Crippen molar-refractivity contribution < 1.29 is 32.9 Å².